The number of anilines is 1. The Morgan fingerprint density at radius 3 is 1.66 bits per heavy atom. The Labute approximate surface area is 242 Å². The number of rotatable bonds is 10. The van der Waals surface area contributed by atoms with E-state index >= 15 is 0 Å². The summed E-state index contributed by atoms with van der Waals surface area (Å²) in [6, 6.07) is 38.1. The molecule has 1 N–H and O–H groups in total. The summed E-state index contributed by atoms with van der Waals surface area (Å²) in [6.45, 7) is 4.14. The Morgan fingerprint density at radius 2 is 1.24 bits per heavy atom. The van der Waals surface area contributed by atoms with E-state index in [0.29, 0.717) is 17.8 Å². The van der Waals surface area contributed by atoms with Gasteiger partial charge in [0.2, 0.25) is 5.95 Å². The Morgan fingerprint density at radius 1 is 0.780 bits per heavy atom. The molecule has 0 unspecified atom stereocenters. The van der Waals surface area contributed by atoms with Crippen LogP contribution in [0.1, 0.15) is 25.6 Å². The summed E-state index contributed by atoms with van der Waals surface area (Å²) < 4.78 is 40.4. The molecule has 4 aromatic carbocycles. The van der Waals surface area contributed by atoms with E-state index in [1.165, 1.54) is 34.3 Å². The normalized spacial score (nSPS) is 12.0. The number of nitrogens with one attached hydrogen (secondary N) is 1. The predicted molar refractivity (Wildman–Crippen MR) is 170 cm³/mol. The van der Waals surface area contributed by atoms with Crippen molar-refractivity contribution >= 4 is 39.0 Å². The summed E-state index contributed by atoms with van der Waals surface area (Å²) in [5.41, 5.74) is 2.45. The Hall–Kier alpha value is -3.80. The van der Waals surface area contributed by atoms with E-state index in [1.54, 1.807) is 12.1 Å². The molecule has 5 aromatic rings. The summed E-state index contributed by atoms with van der Waals surface area (Å²) in [7, 11) is -5.63. The van der Waals surface area contributed by atoms with Crippen molar-refractivity contribution in [3.05, 3.63) is 127 Å². The number of hydrogen-bond donors (Lipinski definition) is 1. The van der Waals surface area contributed by atoms with Crippen LogP contribution in [0, 0.1) is 5.82 Å². The van der Waals surface area contributed by atoms with Crippen molar-refractivity contribution in [2.45, 2.75) is 26.1 Å². The minimum Gasteiger partial charge on any atom is -0.342 e. The van der Waals surface area contributed by atoms with Gasteiger partial charge in [0.05, 0.1) is 11.4 Å². The highest BCUT2D eigenvalue weighted by Crippen LogP contribution is 2.59. The first-order valence-corrected chi connectivity index (χ1v) is 17.6. The van der Waals surface area contributed by atoms with Gasteiger partial charge in [0.1, 0.15) is 41.0 Å². The van der Waals surface area contributed by atoms with Gasteiger partial charge in [-0.2, -0.15) is 0 Å². The van der Waals surface area contributed by atoms with E-state index in [-0.39, 0.29) is 17.7 Å². The first kappa shape index (κ1) is 28.7. The van der Waals surface area contributed by atoms with Crippen molar-refractivity contribution in [1.29, 1.82) is 0 Å². The molecule has 0 radical (unpaired) electrons. The van der Waals surface area contributed by atoms with Crippen molar-refractivity contribution in [3.8, 4) is 11.3 Å². The SMILES string of the molecule is CC(C)n1c(NCS(C)(=O)=O)nc(-c2ccc(F)cc2)c1C[P+](c1ccccc1)(c1ccccc1)c1ccccc1. The largest absolute Gasteiger partial charge is 0.342 e. The molecule has 8 heteroatoms. The standard InChI is InChI=1S/C33H34FN3O2PS/c1-25(2)37-31(32(26-19-21-27(34)22-20-26)36-33(37)35-24-41(3,38)39)23-40(28-13-7-4-8-14-28,29-15-9-5-10-16-29)30-17-11-6-12-18-30/h4-22,25H,23-24H2,1-3H3,(H,35,36)/q+1. The highest BCUT2D eigenvalue weighted by atomic mass is 32.2. The zero-order valence-electron chi connectivity index (χ0n) is 23.4. The van der Waals surface area contributed by atoms with Crippen molar-refractivity contribution in [3.63, 3.8) is 0 Å². The summed E-state index contributed by atoms with van der Waals surface area (Å²) in [4.78, 5) is 4.98. The number of imidazole rings is 1. The van der Waals surface area contributed by atoms with Crippen LogP contribution in [0.5, 0.6) is 0 Å². The maximum atomic E-state index is 14.0. The van der Waals surface area contributed by atoms with E-state index in [9.17, 15) is 12.8 Å². The smallest absolute Gasteiger partial charge is 0.204 e. The zero-order chi connectivity index (χ0) is 29.0. The second-order valence-corrected chi connectivity index (χ2v) is 16.0. The van der Waals surface area contributed by atoms with Gasteiger partial charge in [-0.1, -0.05) is 54.6 Å². The van der Waals surface area contributed by atoms with E-state index in [4.69, 9.17) is 4.98 Å². The minimum atomic E-state index is -3.31. The van der Waals surface area contributed by atoms with Crippen LogP contribution in [0.2, 0.25) is 0 Å². The first-order chi connectivity index (χ1) is 19.7. The number of halogens is 1. The molecule has 0 aliphatic carbocycles. The number of aromatic nitrogens is 2. The van der Waals surface area contributed by atoms with Crippen LogP contribution in [0.25, 0.3) is 11.3 Å². The van der Waals surface area contributed by atoms with Crippen molar-refractivity contribution in [2.24, 2.45) is 0 Å². The molecule has 1 heterocycles. The van der Waals surface area contributed by atoms with Crippen LogP contribution < -0.4 is 21.2 Å². The Bertz CT molecular complexity index is 1610. The lowest BCUT2D eigenvalue weighted by molar-refractivity contribution is 0.587. The second kappa shape index (κ2) is 12.0. The van der Waals surface area contributed by atoms with Gasteiger partial charge in [0.25, 0.3) is 0 Å². The van der Waals surface area contributed by atoms with E-state index in [2.05, 4.69) is 96.5 Å². The molecule has 0 spiro atoms. The molecule has 0 aliphatic rings. The molecule has 0 saturated carbocycles. The summed E-state index contributed by atoms with van der Waals surface area (Å²) in [5, 5.41) is 6.76. The third-order valence-corrected chi connectivity index (χ3v) is 12.1. The molecule has 0 atom stereocenters. The topological polar surface area (TPSA) is 64.0 Å². The summed E-state index contributed by atoms with van der Waals surface area (Å²) >= 11 is 0. The van der Waals surface area contributed by atoms with E-state index in [1.807, 2.05) is 18.2 Å². The van der Waals surface area contributed by atoms with Gasteiger partial charge in [0.15, 0.2) is 9.84 Å². The van der Waals surface area contributed by atoms with Crippen molar-refractivity contribution < 1.29 is 12.8 Å². The molecule has 1 aromatic heterocycles. The Kier molecular flexibility index (Phi) is 8.39. The van der Waals surface area contributed by atoms with Gasteiger partial charge in [0, 0.05) is 17.9 Å². The number of sulfone groups is 1. The van der Waals surface area contributed by atoms with Gasteiger partial charge < -0.3 is 9.88 Å². The fourth-order valence-corrected chi connectivity index (χ4v) is 9.95. The van der Waals surface area contributed by atoms with Gasteiger partial charge in [-0.05, 0) is 74.5 Å². The molecule has 0 bridgehead atoms. The van der Waals surface area contributed by atoms with Gasteiger partial charge >= 0.3 is 0 Å². The van der Waals surface area contributed by atoms with Crippen molar-refractivity contribution in [1.82, 2.24) is 9.55 Å². The average Bonchev–Trinajstić information content (AvgIpc) is 3.34. The molecule has 5 nitrogen and oxygen atoms in total. The quantitative estimate of drug-likeness (QED) is 0.199. The highest BCUT2D eigenvalue weighted by molar-refractivity contribution is 7.95. The number of benzene rings is 4. The lowest BCUT2D eigenvalue weighted by atomic mass is 10.1. The fourth-order valence-electron chi connectivity index (χ4n) is 5.33. The third kappa shape index (κ3) is 6.12. The summed E-state index contributed by atoms with van der Waals surface area (Å²) in [5.74, 6) is -0.0872. The van der Waals surface area contributed by atoms with Gasteiger partial charge in [-0.25, -0.2) is 17.8 Å². The molecule has 5 rings (SSSR count). The minimum absolute atomic E-state index is 0.0296. The predicted octanol–water partition coefficient (Wildman–Crippen LogP) is 6.18. The molecule has 41 heavy (non-hydrogen) atoms. The number of hydrogen-bond acceptors (Lipinski definition) is 4. The maximum Gasteiger partial charge on any atom is 0.204 e. The molecule has 0 saturated heterocycles. The molecular weight excluding hydrogens is 552 g/mol. The van der Waals surface area contributed by atoms with E-state index in [0.717, 1.165) is 11.3 Å². The fraction of sp³-hybridized carbons (Fsp3) is 0.182. The molecular formula is C33H34FN3O2PS+. The lowest BCUT2D eigenvalue weighted by Crippen LogP contribution is -2.33. The Balaban J connectivity index is 1.83. The molecule has 210 valence electrons. The van der Waals surface area contributed by atoms with Gasteiger partial charge in [-0.15, -0.1) is 0 Å². The maximum absolute atomic E-state index is 14.0. The van der Waals surface area contributed by atoms with Crippen LogP contribution in [0.3, 0.4) is 0 Å². The van der Waals surface area contributed by atoms with Crippen LogP contribution >= 0.6 is 7.26 Å². The van der Waals surface area contributed by atoms with Gasteiger partial charge in [-0.3, -0.25) is 0 Å². The van der Waals surface area contributed by atoms with Crippen LogP contribution in [0.4, 0.5) is 10.3 Å². The molecule has 0 amide bonds. The molecule has 0 fully saturated rings. The lowest BCUT2D eigenvalue weighted by Gasteiger charge is -2.29. The zero-order valence-corrected chi connectivity index (χ0v) is 25.1. The monoisotopic (exact) mass is 586 g/mol. The highest BCUT2D eigenvalue weighted by Gasteiger charge is 2.47. The van der Waals surface area contributed by atoms with Crippen molar-refractivity contribution in [2.75, 3.05) is 17.4 Å². The molecule has 0 aliphatic heterocycles. The second-order valence-electron chi connectivity index (χ2n) is 10.4. The van der Waals surface area contributed by atoms with E-state index < -0.39 is 17.1 Å². The van der Waals surface area contributed by atoms with Crippen LogP contribution in [-0.4, -0.2) is 30.1 Å². The van der Waals surface area contributed by atoms with Crippen LogP contribution in [-0.2, 0) is 16.0 Å². The average molecular weight is 587 g/mol. The third-order valence-electron chi connectivity index (χ3n) is 7.11. The first-order valence-electron chi connectivity index (χ1n) is 13.5. The van der Waals surface area contributed by atoms with Crippen LogP contribution in [0.15, 0.2) is 115 Å². The summed E-state index contributed by atoms with van der Waals surface area (Å²) in [6.07, 6.45) is 1.82. The number of nitrogens with zero attached hydrogens (tertiary/aromatic N) is 2.